The molecule has 1 aromatic heterocycles. The average molecular weight is 198 g/mol. The van der Waals surface area contributed by atoms with Gasteiger partial charge in [-0.15, -0.1) is 0 Å². The summed E-state index contributed by atoms with van der Waals surface area (Å²) in [7, 11) is 0. The first-order valence-corrected chi connectivity index (χ1v) is 3.36. The molecule has 0 bridgehead atoms. The van der Waals surface area contributed by atoms with Gasteiger partial charge in [0.25, 0.3) is 0 Å². The Labute approximate surface area is 70.8 Å². The Morgan fingerprint density at radius 1 is 1.38 bits per heavy atom. The second-order valence-electron chi connectivity index (χ2n) is 2.37. The lowest BCUT2D eigenvalue weighted by molar-refractivity contribution is -0.154. The van der Waals surface area contributed by atoms with Gasteiger partial charge in [-0.25, -0.2) is 4.39 Å². The molecule has 2 nitrogen and oxygen atoms in total. The van der Waals surface area contributed by atoms with Gasteiger partial charge in [0.1, 0.15) is 18.5 Å². The van der Waals surface area contributed by atoms with E-state index in [1.807, 2.05) is 0 Å². The number of halogens is 4. The molecule has 1 N–H and O–H groups in total. The van der Waals surface area contributed by atoms with E-state index >= 15 is 0 Å². The van der Waals surface area contributed by atoms with E-state index < -0.39 is 30.5 Å². The van der Waals surface area contributed by atoms with Crippen molar-refractivity contribution in [3.05, 3.63) is 23.7 Å². The van der Waals surface area contributed by atoms with Crippen molar-refractivity contribution >= 4 is 0 Å². The van der Waals surface area contributed by atoms with Crippen LogP contribution in [0.4, 0.5) is 17.6 Å². The van der Waals surface area contributed by atoms with Crippen molar-refractivity contribution in [2.75, 3.05) is 6.67 Å². The monoisotopic (exact) mass is 198 g/mol. The third-order valence-corrected chi connectivity index (χ3v) is 1.38. The highest BCUT2D eigenvalue weighted by Gasteiger charge is 2.35. The summed E-state index contributed by atoms with van der Waals surface area (Å²) < 4.78 is 51.7. The predicted octanol–water partition coefficient (Wildman–Crippen LogP) is 2.30. The number of alkyl halides is 4. The molecule has 1 heterocycles. The molecule has 0 aliphatic rings. The summed E-state index contributed by atoms with van der Waals surface area (Å²) in [4.78, 5) is 0. The molecule has 1 unspecified atom stereocenters. The van der Waals surface area contributed by atoms with Crippen molar-refractivity contribution in [1.29, 1.82) is 0 Å². The van der Waals surface area contributed by atoms with Crippen LogP contribution in [0.2, 0.25) is 0 Å². The fourth-order valence-electron chi connectivity index (χ4n) is 0.760. The summed E-state index contributed by atoms with van der Waals surface area (Å²) in [5.74, 6) is -1.66. The first kappa shape index (κ1) is 10.0. The van der Waals surface area contributed by atoms with Gasteiger partial charge in [0.15, 0.2) is 0 Å². The summed E-state index contributed by atoms with van der Waals surface area (Å²) in [6.07, 6.45) is -6.23. The molecule has 0 fully saturated rings. The highest BCUT2D eigenvalue weighted by molar-refractivity contribution is 5.11. The lowest BCUT2D eigenvalue weighted by Crippen LogP contribution is -2.03. The molecular weight excluding hydrogens is 192 g/mol. The van der Waals surface area contributed by atoms with Crippen molar-refractivity contribution in [2.24, 2.45) is 0 Å². The summed E-state index contributed by atoms with van der Waals surface area (Å²) in [5.41, 5.74) is 0. The van der Waals surface area contributed by atoms with Crippen molar-refractivity contribution in [3.63, 3.8) is 0 Å². The van der Waals surface area contributed by atoms with E-state index in [4.69, 9.17) is 5.11 Å². The second kappa shape index (κ2) is 3.37. The average Bonchev–Trinajstić information content (AvgIpc) is 2.50. The van der Waals surface area contributed by atoms with Crippen molar-refractivity contribution in [3.8, 4) is 0 Å². The number of hydrogen-bond acceptors (Lipinski definition) is 2. The molecule has 0 saturated heterocycles. The first-order chi connectivity index (χ1) is 5.95. The van der Waals surface area contributed by atoms with Crippen LogP contribution >= 0.6 is 0 Å². The van der Waals surface area contributed by atoms with E-state index in [0.717, 1.165) is 6.07 Å². The van der Waals surface area contributed by atoms with Crippen molar-refractivity contribution in [2.45, 2.75) is 12.3 Å². The third-order valence-electron chi connectivity index (χ3n) is 1.38. The number of hydrogen-bond donors (Lipinski definition) is 1. The van der Waals surface area contributed by atoms with E-state index in [2.05, 4.69) is 4.42 Å². The number of aliphatic hydroxyl groups excluding tert-OH is 1. The van der Waals surface area contributed by atoms with Crippen LogP contribution in [0.25, 0.3) is 0 Å². The van der Waals surface area contributed by atoms with Gasteiger partial charge in [-0.3, -0.25) is 0 Å². The number of rotatable bonds is 2. The minimum Gasteiger partial charge on any atom is -0.454 e. The smallest absolute Gasteiger partial charge is 0.449 e. The molecule has 0 aliphatic carbocycles. The van der Waals surface area contributed by atoms with E-state index in [-0.39, 0.29) is 0 Å². The molecule has 0 aromatic carbocycles. The summed E-state index contributed by atoms with van der Waals surface area (Å²) >= 11 is 0. The zero-order chi connectivity index (χ0) is 10.1. The molecule has 6 heteroatoms. The Bertz CT molecular complexity index is 278. The Hall–Kier alpha value is -1.04. The molecule has 13 heavy (non-hydrogen) atoms. The molecule has 0 spiro atoms. The molecule has 74 valence electrons. The molecule has 0 saturated carbocycles. The van der Waals surface area contributed by atoms with Crippen LogP contribution < -0.4 is 0 Å². The van der Waals surface area contributed by atoms with Crippen LogP contribution in [0.1, 0.15) is 17.6 Å². The normalized spacial score (nSPS) is 14.5. The largest absolute Gasteiger partial charge is 0.454 e. The van der Waals surface area contributed by atoms with E-state index in [0.29, 0.717) is 6.07 Å². The Balaban J connectivity index is 2.87. The Morgan fingerprint density at radius 3 is 2.38 bits per heavy atom. The van der Waals surface area contributed by atoms with Gasteiger partial charge in [0, 0.05) is 0 Å². The van der Waals surface area contributed by atoms with Gasteiger partial charge in [0.2, 0.25) is 5.76 Å². The van der Waals surface area contributed by atoms with Crippen LogP contribution in [0.15, 0.2) is 16.5 Å². The highest BCUT2D eigenvalue weighted by atomic mass is 19.4. The summed E-state index contributed by atoms with van der Waals surface area (Å²) in [6, 6.07) is 1.54. The minimum absolute atomic E-state index is 0.421. The van der Waals surface area contributed by atoms with Gasteiger partial charge in [0.05, 0.1) is 0 Å². The minimum atomic E-state index is -4.60. The van der Waals surface area contributed by atoms with E-state index in [1.165, 1.54) is 0 Å². The zero-order valence-corrected chi connectivity index (χ0v) is 6.31. The molecule has 1 aromatic rings. The van der Waals surface area contributed by atoms with Gasteiger partial charge in [-0.2, -0.15) is 13.2 Å². The SMILES string of the molecule is OC(CF)c1ccc(C(F)(F)F)o1. The van der Waals surface area contributed by atoms with Gasteiger partial charge in [-0.1, -0.05) is 0 Å². The molecule has 1 atom stereocenters. The van der Waals surface area contributed by atoms with Crippen LogP contribution in [-0.4, -0.2) is 11.8 Å². The third kappa shape index (κ3) is 2.21. The quantitative estimate of drug-likeness (QED) is 0.739. The highest BCUT2D eigenvalue weighted by Crippen LogP contribution is 2.32. The first-order valence-electron chi connectivity index (χ1n) is 3.36. The molecule has 0 aliphatic heterocycles. The Kier molecular flexibility index (Phi) is 2.60. The van der Waals surface area contributed by atoms with Gasteiger partial charge >= 0.3 is 6.18 Å². The van der Waals surface area contributed by atoms with Crippen molar-refractivity contribution in [1.82, 2.24) is 0 Å². The maximum atomic E-state index is 11.9. The fraction of sp³-hybridized carbons (Fsp3) is 0.429. The van der Waals surface area contributed by atoms with Crippen LogP contribution in [0.3, 0.4) is 0 Å². The molecule has 1 rings (SSSR count). The standard InChI is InChI=1S/C7H6F4O2/c8-3-4(12)5-1-2-6(13-5)7(9,10)11/h1-2,4,12H,3H2. The maximum absolute atomic E-state index is 11.9. The van der Waals surface area contributed by atoms with E-state index in [9.17, 15) is 17.6 Å². The topological polar surface area (TPSA) is 33.4 Å². The van der Waals surface area contributed by atoms with Crippen molar-refractivity contribution < 1.29 is 27.1 Å². The molecule has 0 amide bonds. The lowest BCUT2D eigenvalue weighted by Gasteiger charge is -2.03. The van der Waals surface area contributed by atoms with Crippen LogP contribution in [0.5, 0.6) is 0 Å². The second-order valence-corrected chi connectivity index (χ2v) is 2.37. The van der Waals surface area contributed by atoms with Crippen LogP contribution in [-0.2, 0) is 6.18 Å². The maximum Gasteiger partial charge on any atom is 0.449 e. The fourth-order valence-corrected chi connectivity index (χ4v) is 0.760. The van der Waals surface area contributed by atoms with Crippen LogP contribution in [0, 0.1) is 0 Å². The number of furan rings is 1. The number of aliphatic hydroxyl groups is 1. The molecule has 0 radical (unpaired) electrons. The lowest BCUT2D eigenvalue weighted by atomic mass is 10.3. The Morgan fingerprint density at radius 2 is 2.00 bits per heavy atom. The summed E-state index contributed by atoms with van der Waals surface area (Å²) in [6.45, 7) is -1.18. The van der Waals surface area contributed by atoms with Gasteiger partial charge in [-0.05, 0) is 12.1 Å². The van der Waals surface area contributed by atoms with Gasteiger partial charge < -0.3 is 9.52 Å². The summed E-state index contributed by atoms with van der Waals surface area (Å²) in [5, 5.41) is 8.77. The van der Waals surface area contributed by atoms with E-state index in [1.54, 1.807) is 0 Å². The predicted molar refractivity (Wildman–Crippen MR) is 34.6 cm³/mol. The zero-order valence-electron chi connectivity index (χ0n) is 6.31. The molecular formula is C7H6F4O2.